The van der Waals surface area contributed by atoms with Gasteiger partial charge in [0.1, 0.15) is 5.82 Å². The van der Waals surface area contributed by atoms with Gasteiger partial charge in [0.05, 0.1) is 6.61 Å². The Morgan fingerprint density at radius 2 is 1.86 bits per heavy atom. The Labute approximate surface area is 123 Å². The van der Waals surface area contributed by atoms with Crippen LogP contribution in [0.5, 0.6) is 0 Å². The van der Waals surface area contributed by atoms with Gasteiger partial charge in [0.15, 0.2) is 5.41 Å². The SMILES string of the molecule is CCOC(=O)C(Cc1ccc(F)cc1)(CC(C)C)C(=O)O. The molecule has 4 nitrogen and oxygen atoms in total. The molecule has 0 spiro atoms. The summed E-state index contributed by atoms with van der Waals surface area (Å²) in [5.41, 5.74) is -1.05. The molecule has 0 fully saturated rings. The summed E-state index contributed by atoms with van der Waals surface area (Å²) < 4.78 is 17.9. The fourth-order valence-electron chi connectivity index (χ4n) is 2.39. The molecule has 1 aromatic rings. The Bertz CT molecular complexity index is 496. The average Bonchev–Trinajstić information content (AvgIpc) is 2.40. The van der Waals surface area contributed by atoms with Crippen LogP contribution >= 0.6 is 0 Å². The van der Waals surface area contributed by atoms with Crippen LogP contribution in [-0.2, 0) is 20.7 Å². The number of halogens is 1. The first kappa shape index (κ1) is 17.1. The van der Waals surface area contributed by atoms with Crippen LogP contribution in [0.25, 0.3) is 0 Å². The maximum absolute atomic E-state index is 13.0. The summed E-state index contributed by atoms with van der Waals surface area (Å²) in [7, 11) is 0. The molecular formula is C16H21FO4. The fraction of sp³-hybridized carbons (Fsp3) is 0.500. The average molecular weight is 296 g/mol. The fourth-order valence-corrected chi connectivity index (χ4v) is 2.39. The summed E-state index contributed by atoms with van der Waals surface area (Å²) in [5, 5.41) is 9.61. The third kappa shape index (κ3) is 4.28. The van der Waals surface area contributed by atoms with Crippen molar-refractivity contribution in [3.8, 4) is 0 Å². The number of ether oxygens (including phenoxy) is 1. The molecule has 1 unspecified atom stereocenters. The molecule has 0 radical (unpaired) electrons. The number of carboxylic acid groups (broad SMARTS) is 1. The van der Waals surface area contributed by atoms with Gasteiger partial charge in [0, 0.05) is 0 Å². The maximum Gasteiger partial charge on any atom is 0.323 e. The van der Waals surface area contributed by atoms with E-state index in [2.05, 4.69) is 0 Å². The first-order chi connectivity index (χ1) is 9.81. The van der Waals surface area contributed by atoms with Gasteiger partial charge in [0.25, 0.3) is 0 Å². The number of carbonyl (C=O) groups excluding carboxylic acids is 1. The molecule has 116 valence electrons. The summed E-state index contributed by atoms with van der Waals surface area (Å²) in [4.78, 5) is 24.0. The lowest BCUT2D eigenvalue weighted by atomic mass is 9.75. The minimum Gasteiger partial charge on any atom is -0.480 e. The topological polar surface area (TPSA) is 63.6 Å². The van der Waals surface area contributed by atoms with E-state index >= 15 is 0 Å². The van der Waals surface area contributed by atoms with E-state index in [1.807, 2.05) is 13.8 Å². The van der Waals surface area contributed by atoms with Gasteiger partial charge in [-0.15, -0.1) is 0 Å². The molecule has 1 aromatic carbocycles. The standard InChI is InChI=1S/C16H21FO4/c1-4-21-15(20)16(14(18)19,9-11(2)3)10-12-5-7-13(17)8-6-12/h5-8,11H,4,9-10H2,1-3H3,(H,18,19). The third-order valence-electron chi connectivity index (χ3n) is 3.25. The highest BCUT2D eigenvalue weighted by atomic mass is 19.1. The first-order valence-electron chi connectivity index (χ1n) is 6.97. The summed E-state index contributed by atoms with van der Waals surface area (Å²) in [6, 6.07) is 5.49. The Morgan fingerprint density at radius 3 is 2.29 bits per heavy atom. The zero-order chi connectivity index (χ0) is 16.0. The van der Waals surface area contributed by atoms with Gasteiger partial charge in [-0.1, -0.05) is 26.0 Å². The molecule has 0 aliphatic heterocycles. The van der Waals surface area contributed by atoms with Crippen molar-refractivity contribution in [3.63, 3.8) is 0 Å². The first-order valence-corrected chi connectivity index (χ1v) is 6.97. The number of esters is 1. The van der Waals surface area contributed by atoms with Crippen LogP contribution in [0, 0.1) is 17.2 Å². The molecule has 1 N–H and O–H groups in total. The van der Waals surface area contributed by atoms with Crippen molar-refractivity contribution in [1.82, 2.24) is 0 Å². The number of rotatable bonds is 7. The summed E-state index contributed by atoms with van der Waals surface area (Å²) in [5.74, 6) is -2.35. The molecule has 0 bridgehead atoms. The second-order valence-corrected chi connectivity index (χ2v) is 5.51. The minimum absolute atomic E-state index is 0.00551. The van der Waals surface area contributed by atoms with Gasteiger partial charge < -0.3 is 9.84 Å². The number of hydrogen-bond acceptors (Lipinski definition) is 3. The monoisotopic (exact) mass is 296 g/mol. The van der Waals surface area contributed by atoms with E-state index in [4.69, 9.17) is 4.74 Å². The van der Waals surface area contributed by atoms with Gasteiger partial charge >= 0.3 is 11.9 Å². The zero-order valence-corrected chi connectivity index (χ0v) is 12.6. The van der Waals surface area contributed by atoms with Gasteiger partial charge in [-0.3, -0.25) is 9.59 Å². The highest BCUT2D eigenvalue weighted by molar-refractivity contribution is 5.99. The molecule has 1 rings (SSSR count). The van der Waals surface area contributed by atoms with E-state index in [1.165, 1.54) is 24.3 Å². The largest absolute Gasteiger partial charge is 0.480 e. The summed E-state index contributed by atoms with van der Waals surface area (Å²) in [6.45, 7) is 5.45. The molecule has 21 heavy (non-hydrogen) atoms. The molecule has 1 atom stereocenters. The van der Waals surface area contributed by atoms with Crippen molar-refractivity contribution in [2.24, 2.45) is 11.3 Å². The van der Waals surface area contributed by atoms with E-state index in [1.54, 1.807) is 6.92 Å². The van der Waals surface area contributed by atoms with Crippen LogP contribution in [-0.4, -0.2) is 23.7 Å². The highest BCUT2D eigenvalue weighted by Crippen LogP contribution is 2.33. The van der Waals surface area contributed by atoms with Crippen LogP contribution in [0.1, 0.15) is 32.8 Å². The van der Waals surface area contributed by atoms with E-state index in [0.29, 0.717) is 5.56 Å². The number of carbonyl (C=O) groups is 2. The predicted molar refractivity (Wildman–Crippen MR) is 76.3 cm³/mol. The molecular weight excluding hydrogens is 275 g/mol. The zero-order valence-electron chi connectivity index (χ0n) is 12.6. The van der Waals surface area contributed by atoms with Gasteiger partial charge in [-0.25, -0.2) is 4.39 Å². The molecule has 0 amide bonds. The number of hydrogen-bond donors (Lipinski definition) is 1. The van der Waals surface area contributed by atoms with E-state index < -0.39 is 23.2 Å². The van der Waals surface area contributed by atoms with Crippen LogP contribution in [0.4, 0.5) is 4.39 Å². The van der Waals surface area contributed by atoms with E-state index in [9.17, 15) is 19.1 Å². The molecule has 0 saturated heterocycles. The molecule has 0 heterocycles. The molecule has 0 aliphatic rings. The van der Waals surface area contributed by atoms with Crippen molar-refractivity contribution in [2.45, 2.75) is 33.6 Å². The van der Waals surface area contributed by atoms with Crippen molar-refractivity contribution in [2.75, 3.05) is 6.61 Å². The van der Waals surface area contributed by atoms with Crippen molar-refractivity contribution < 1.29 is 23.8 Å². The van der Waals surface area contributed by atoms with Gasteiger partial charge in [-0.2, -0.15) is 0 Å². The highest BCUT2D eigenvalue weighted by Gasteiger charge is 2.48. The smallest absolute Gasteiger partial charge is 0.323 e. The third-order valence-corrected chi connectivity index (χ3v) is 3.25. The normalized spacial score (nSPS) is 13.8. The van der Waals surface area contributed by atoms with E-state index in [-0.39, 0.29) is 25.4 Å². The van der Waals surface area contributed by atoms with Crippen molar-refractivity contribution >= 4 is 11.9 Å². The number of benzene rings is 1. The van der Waals surface area contributed by atoms with Crippen LogP contribution in [0.3, 0.4) is 0 Å². The summed E-state index contributed by atoms with van der Waals surface area (Å²) >= 11 is 0. The quantitative estimate of drug-likeness (QED) is 0.620. The number of aliphatic carboxylic acids is 1. The molecule has 0 saturated carbocycles. The Hall–Kier alpha value is -1.91. The van der Waals surface area contributed by atoms with Crippen LogP contribution in [0.15, 0.2) is 24.3 Å². The van der Waals surface area contributed by atoms with Gasteiger partial charge in [-0.05, 0) is 43.4 Å². The molecule has 0 aliphatic carbocycles. The Morgan fingerprint density at radius 1 is 1.29 bits per heavy atom. The van der Waals surface area contributed by atoms with Crippen molar-refractivity contribution in [3.05, 3.63) is 35.6 Å². The lowest BCUT2D eigenvalue weighted by molar-refractivity contribution is -0.170. The lowest BCUT2D eigenvalue weighted by Gasteiger charge is -2.29. The molecule has 5 heteroatoms. The molecule has 0 aromatic heterocycles. The van der Waals surface area contributed by atoms with Crippen LogP contribution in [0.2, 0.25) is 0 Å². The Balaban J connectivity index is 3.17. The Kier molecular flexibility index (Phi) is 5.88. The number of carboxylic acids is 1. The lowest BCUT2D eigenvalue weighted by Crippen LogP contribution is -2.43. The predicted octanol–water partition coefficient (Wildman–Crippen LogP) is 3.05. The maximum atomic E-state index is 13.0. The second kappa shape index (κ2) is 7.20. The van der Waals surface area contributed by atoms with Crippen LogP contribution < -0.4 is 0 Å². The van der Waals surface area contributed by atoms with Gasteiger partial charge in [0.2, 0.25) is 0 Å². The second-order valence-electron chi connectivity index (χ2n) is 5.51. The van der Waals surface area contributed by atoms with Crippen molar-refractivity contribution in [1.29, 1.82) is 0 Å². The van der Waals surface area contributed by atoms with E-state index in [0.717, 1.165) is 0 Å². The summed E-state index contributed by atoms with van der Waals surface area (Å²) in [6.07, 6.45) is 0.151. The minimum atomic E-state index is -1.64.